The molecule has 0 atom stereocenters. The highest BCUT2D eigenvalue weighted by Gasteiger charge is 2.12. The van der Waals surface area contributed by atoms with Crippen LogP contribution in [0.15, 0.2) is 40.4 Å². The number of esters is 1. The van der Waals surface area contributed by atoms with E-state index < -0.39 is 5.97 Å². The lowest BCUT2D eigenvalue weighted by Crippen LogP contribution is -2.21. The molecular weight excluding hydrogens is 394 g/mol. The number of halogens is 1. The molecule has 0 unspecified atom stereocenters. The Hall–Kier alpha value is -2.19. The zero-order valence-corrected chi connectivity index (χ0v) is 15.2. The van der Waals surface area contributed by atoms with Crippen molar-refractivity contribution in [2.75, 3.05) is 11.9 Å². The second-order valence-electron chi connectivity index (χ2n) is 5.17. The van der Waals surface area contributed by atoms with E-state index in [2.05, 4.69) is 26.2 Å². The molecule has 24 heavy (non-hydrogen) atoms. The minimum absolute atomic E-state index is 0.0407. The molecule has 1 amide bonds. The van der Waals surface area contributed by atoms with Gasteiger partial charge in [-0.05, 0) is 30.7 Å². The van der Waals surface area contributed by atoms with Crippen molar-refractivity contribution in [1.29, 1.82) is 0 Å². The fourth-order valence-electron chi connectivity index (χ4n) is 2.13. The van der Waals surface area contributed by atoms with E-state index in [0.717, 1.165) is 15.0 Å². The number of nitrogens with one attached hydrogen (secondary N) is 1. The minimum atomic E-state index is -0.483. The smallest absolute Gasteiger partial charge is 0.312 e. The molecule has 8 heteroatoms. The van der Waals surface area contributed by atoms with Crippen LogP contribution in [0.2, 0.25) is 0 Å². The highest BCUT2D eigenvalue weighted by molar-refractivity contribution is 9.10. The Bertz CT molecular complexity index is 874. The van der Waals surface area contributed by atoms with Crippen molar-refractivity contribution in [1.82, 2.24) is 9.38 Å². The van der Waals surface area contributed by atoms with Crippen LogP contribution in [-0.2, 0) is 20.7 Å². The Kier molecular flexibility index (Phi) is 4.96. The number of benzene rings is 1. The van der Waals surface area contributed by atoms with Gasteiger partial charge in [-0.1, -0.05) is 15.9 Å². The first-order chi connectivity index (χ1) is 11.5. The van der Waals surface area contributed by atoms with Gasteiger partial charge in [0.05, 0.1) is 12.1 Å². The molecule has 0 spiro atoms. The van der Waals surface area contributed by atoms with Crippen molar-refractivity contribution < 1.29 is 14.3 Å². The van der Waals surface area contributed by atoms with Gasteiger partial charge in [0.2, 0.25) is 0 Å². The number of imidazole rings is 1. The number of carbonyl (C=O) groups excluding carboxylic acids is 2. The molecule has 1 aromatic carbocycles. The molecule has 0 saturated carbocycles. The predicted molar refractivity (Wildman–Crippen MR) is 95.2 cm³/mol. The van der Waals surface area contributed by atoms with Crippen LogP contribution in [0.5, 0.6) is 0 Å². The van der Waals surface area contributed by atoms with Gasteiger partial charge >= 0.3 is 5.97 Å². The number of aryl methyl sites for hydroxylation is 1. The number of fused-ring (bicyclic) bond motifs is 1. The maximum Gasteiger partial charge on any atom is 0.312 e. The Balaban J connectivity index is 1.49. The molecule has 1 N–H and O–H groups in total. The first kappa shape index (κ1) is 16.7. The predicted octanol–water partition coefficient (Wildman–Crippen LogP) is 3.19. The molecule has 0 fully saturated rings. The van der Waals surface area contributed by atoms with Crippen molar-refractivity contribution in [2.24, 2.45) is 0 Å². The lowest BCUT2D eigenvalue weighted by molar-refractivity contribution is -0.146. The van der Waals surface area contributed by atoms with Gasteiger partial charge in [-0.3, -0.25) is 14.0 Å². The number of hydrogen-bond acceptors (Lipinski definition) is 5. The van der Waals surface area contributed by atoms with E-state index in [1.54, 1.807) is 12.3 Å². The van der Waals surface area contributed by atoms with E-state index in [0.29, 0.717) is 11.4 Å². The summed E-state index contributed by atoms with van der Waals surface area (Å²) < 4.78 is 7.81. The van der Waals surface area contributed by atoms with E-state index in [4.69, 9.17) is 4.74 Å². The summed E-state index contributed by atoms with van der Waals surface area (Å²) in [4.78, 5) is 28.8. The summed E-state index contributed by atoms with van der Waals surface area (Å²) >= 11 is 4.89. The monoisotopic (exact) mass is 407 g/mol. The van der Waals surface area contributed by atoms with E-state index >= 15 is 0 Å². The van der Waals surface area contributed by atoms with Crippen molar-refractivity contribution >= 4 is 49.8 Å². The Labute approximate surface area is 150 Å². The van der Waals surface area contributed by atoms with Crippen LogP contribution < -0.4 is 5.32 Å². The molecule has 2 heterocycles. The molecule has 3 aromatic rings. The maximum absolute atomic E-state index is 11.8. The summed E-state index contributed by atoms with van der Waals surface area (Å²) in [5, 5.41) is 4.61. The van der Waals surface area contributed by atoms with E-state index in [-0.39, 0.29) is 18.9 Å². The molecule has 2 aromatic heterocycles. The number of carbonyl (C=O) groups is 2. The van der Waals surface area contributed by atoms with Gasteiger partial charge in [0, 0.05) is 27.9 Å². The molecule has 0 bridgehead atoms. The van der Waals surface area contributed by atoms with Gasteiger partial charge in [0.15, 0.2) is 11.6 Å². The average Bonchev–Trinajstić information content (AvgIpc) is 3.10. The third-order valence-corrected chi connectivity index (χ3v) is 4.94. The largest absolute Gasteiger partial charge is 0.455 e. The van der Waals surface area contributed by atoms with Gasteiger partial charge in [0.25, 0.3) is 5.91 Å². The zero-order chi connectivity index (χ0) is 17.1. The summed E-state index contributed by atoms with van der Waals surface area (Å²) in [5.74, 6) is -0.862. The Morgan fingerprint density at radius 3 is 3.00 bits per heavy atom. The average molecular weight is 408 g/mol. The van der Waals surface area contributed by atoms with Crippen LogP contribution in [0.4, 0.5) is 5.69 Å². The summed E-state index contributed by atoms with van der Waals surface area (Å²) in [6.45, 7) is 1.60. The fraction of sp³-hybridized carbons (Fsp3) is 0.188. The van der Waals surface area contributed by atoms with Crippen molar-refractivity contribution in [2.45, 2.75) is 13.3 Å². The summed E-state index contributed by atoms with van der Waals surface area (Å²) in [6, 6.07) is 5.46. The highest BCUT2D eigenvalue weighted by Crippen LogP contribution is 2.19. The number of ether oxygens (including phenoxy) is 1. The Morgan fingerprint density at radius 1 is 1.42 bits per heavy atom. The Morgan fingerprint density at radius 2 is 2.25 bits per heavy atom. The quantitative estimate of drug-likeness (QED) is 0.659. The second kappa shape index (κ2) is 7.14. The van der Waals surface area contributed by atoms with Crippen LogP contribution in [0.25, 0.3) is 4.96 Å². The van der Waals surface area contributed by atoms with Crippen LogP contribution in [0.3, 0.4) is 0 Å². The number of anilines is 1. The third-order valence-electron chi connectivity index (χ3n) is 3.27. The van der Waals surface area contributed by atoms with E-state index in [1.807, 2.05) is 35.0 Å². The molecule has 124 valence electrons. The van der Waals surface area contributed by atoms with E-state index in [1.165, 1.54) is 11.3 Å². The number of hydrogen-bond donors (Lipinski definition) is 1. The molecule has 0 radical (unpaired) electrons. The lowest BCUT2D eigenvalue weighted by atomic mass is 10.2. The number of aromatic nitrogens is 2. The van der Waals surface area contributed by atoms with Gasteiger partial charge in [-0.25, -0.2) is 4.98 Å². The van der Waals surface area contributed by atoms with Crippen molar-refractivity contribution in [3.63, 3.8) is 0 Å². The van der Waals surface area contributed by atoms with Crippen LogP contribution in [0.1, 0.15) is 11.3 Å². The zero-order valence-electron chi connectivity index (χ0n) is 12.8. The number of nitrogens with zero attached hydrogens (tertiary/aromatic N) is 2. The van der Waals surface area contributed by atoms with Gasteiger partial charge < -0.3 is 10.1 Å². The number of amides is 1. The topological polar surface area (TPSA) is 72.7 Å². The SMILES string of the molecule is Cc1cc(NC(=O)COC(=O)Cc2cn3ccsc3n2)ccc1Br. The van der Waals surface area contributed by atoms with Crippen molar-refractivity contribution in [3.8, 4) is 0 Å². The lowest BCUT2D eigenvalue weighted by Gasteiger charge is -2.07. The van der Waals surface area contributed by atoms with Gasteiger partial charge in [-0.2, -0.15) is 0 Å². The molecule has 0 saturated heterocycles. The van der Waals surface area contributed by atoms with Crippen LogP contribution in [-0.4, -0.2) is 27.9 Å². The molecule has 6 nitrogen and oxygen atoms in total. The summed E-state index contributed by atoms with van der Waals surface area (Å²) in [5.41, 5.74) is 2.28. The molecule has 0 aliphatic heterocycles. The highest BCUT2D eigenvalue weighted by atomic mass is 79.9. The fourth-order valence-corrected chi connectivity index (χ4v) is 3.09. The summed E-state index contributed by atoms with van der Waals surface area (Å²) in [7, 11) is 0. The second-order valence-corrected chi connectivity index (χ2v) is 6.90. The van der Waals surface area contributed by atoms with Gasteiger partial charge in [0.1, 0.15) is 0 Å². The molecule has 0 aliphatic carbocycles. The molecular formula is C16H14BrN3O3S. The normalized spacial score (nSPS) is 10.8. The molecule has 0 aliphatic rings. The minimum Gasteiger partial charge on any atom is -0.455 e. The van der Waals surface area contributed by atoms with Crippen LogP contribution >= 0.6 is 27.3 Å². The first-order valence-electron chi connectivity index (χ1n) is 7.14. The number of rotatable bonds is 5. The first-order valence-corrected chi connectivity index (χ1v) is 8.81. The maximum atomic E-state index is 11.8. The van der Waals surface area contributed by atoms with Crippen LogP contribution in [0, 0.1) is 6.92 Å². The standard InChI is InChI=1S/C16H14BrN3O3S/c1-10-6-11(2-3-13(10)17)18-14(21)9-23-15(22)7-12-8-20-4-5-24-16(20)19-12/h2-6,8H,7,9H2,1H3,(H,18,21). The number of thiazole rings is 1. The molecule has 3 rings (SSSR count). The van der Waals surface area contributed by atoms with Gasteiger partial charge in [-0.15, -0.1) is 11.3 Å². The van der Waals surface area contributed by atoms with E-state index in [9.17, 15) is 9.59 Å². The van der Waals surface area contributed by atoms with Crippen molar-refractivity contribution in [3.05, 3.63) is 51.7 Å². The third kappa shape index (κ3) is 4.01. The summed E-state index contributed by atoms with van der Waals surface area (Å²) in [6.07, 6.45) is 3.69.